The molecule has 2 aromatic rings. The SMILES string of the molecule is CN(C(=O)C1(N(C=S)c2ccc(OC3CCN(C(=O)OC(C)(C)C)CC3)nc2)CCC1)c1cnc(C#N)c(Cl)c1. The van der Waals surface area contributed by atoms with Gasteiger partial charge in [-0.1, -0.05) is 23.8 Å². The number of piperidine rings is 1. The molecule has 2 aromatic heterocycles. The number of carbonyl (C=O) groups excluding carboxylic acids is 2. The number of aromatic nitrogens is 2. The lowest BCUT2D eigenvalue weighted by molar-refractivity contribution is -0.125. The molecule has 4 rings (SSSR count). The summed E-state index contributed by atoms with van der Waals surface area (Å²) in [5.41, 5.74) is 1.36. The van der Waals surface area contributed by atoms with E-state index in [0.717, 1.165) is 6.42 Å². The number of pyridine rings is 2. The van der Waals surface area contributed by atoms with Crippen molar-refractivity contribution in [3.8, 4) is 11.9 Å². The van der Waals surface area contributed by atoms with Crippen LogP contribution in [0.3, 0.4) is 0 Å². The minimum atomic E-state index is -0.866. The Labute approximate surface area is 244 Å². The minimum absolute atomic E-state index is 0.0697. The van der Waals surface area contributed by atoms with E-state index < -0.39 is 11.1 Å². The van der Waals surface area contributed by atoms with Crippen molar-refractivity contribution in [3.63, 3.8) is 0 Å². The summed E-state index contributed by atoms with van der Waals surface area (Å²) in [7, 11) is 1.66. The van der Waals surface area contributed by atoms with Gasteiger partial charge in [-0.3, -0.25) is 4.79 Å². The van der Waals surface area contributed by atoms with Gasteiger partial charge < -0.3 is 24.2 Å². The lowest BCUT2D eigenvalue weighted by Crippen LogP contribution is -2.63. The highest BCUT2D eigenvalue weighted by Gasteiger charge is 2.50. The summed E-state index contributed by atoms with van der Waals surface area (Å²) >= 11 is 11.5. The topological polar surface area (TPSA) is 112 Å². The zero-order valence-electron chi connectivity index (χ0n) is 23.1. The van der Waals surface area contributed by atoms with Crippen molar-refractivity contribution in [1.29, 1.82) is 5.26 Å². The summed E-state index contributed by atoms with van der Waals surface area (Å²) in [4.78, 5) is 39.6. The molecule has 2 fully saturated rings. The summed E-state index contributed by atoms with van der Waals surface area (Å²) in [6.07, 6.45) is 6.20. The summed E-state index contributed by atoms with van der Waals surface area (Å²) in [5.74, 6) is 0.313. The van der Waals surface area contributed by atoms with Gasteiger partial charge in [0.15, 0.2) is 5.69 Å². The lowest BCUT2D eigenvalue weighted by Gasteiger charge is -2.49. The van der Waals surface area contributed by atoms with Gasteiger partial charge in [-0.05, 0) is 52.2 Å². The standard InChI is InChI=1S/C28H33ClN6O4S/c1-27(2,3)39-26(37)34-12-8-21(9-13-34)38-24-7-6-19(16-32-24)35(18-40)28(10-5-11-28)25(36)33(4)20-14-22(29)23(15-30)31-17-20/h6-7,14,16-18,21H,5,8-13H2,1-4H3. The van der Waals surface area contributed by atoms with Crippen LogP contribution < -0.4 is 14.5 Å². The van der Waals surface area contributed by atoms with Crippen LogP contribution >= 0.6 is 23.8 Å². The largest absolute Gasteiger partial charge is 0.474 e. The molecule has 10 nitrogen and oxygen atoms in total. The number of ether oxygens (including phenoxy) is 2. The van der Waals surface area contributed by atoms with E-state index in [9.17, 15) is 9.59 Å². The molecule has 0 unspecified atom stereocenters. The van der Waals surface area contributed by atoms with Crippen molar-refractivity contribution >= 4 is 52.7 Å². The molecule has 1 aliphatic heterocycles. The second-order valence-electron chi connectivity index (χ2n) is 11.0. The molecular formula is C28H33ClN6O4S. The Kier molecular flexibility index (Phi) is 8.80. The van der Waals surface area contributed by atoms with Crippen LogP contribution in [0.25, 0.3) is 0 Å². The van der Waals surface area contributed by atoms with Crippen LogP contribution in [0.2, 0.25) is 5.02 Å². The predicted molar refractivity (Wildman–Crippen MR) is 156 cm³/mol. The number of thiocarbonyl (C=S) groups is 1. The number of nitriles is 1. The zero-order valence-corrected chi connectivity index (χ0v) is 24.7. The number of likely N-dealkylation sites (tertiary alicyclic amines) is 1. The number of nitrogens with zero attached hydrogens (tertiary/aromatic N) is 6. The highest BCUT2D eigenvalue weighted by molar-refractivity contribution is 7.79. The maximum Gasteiger partial charge on any atom is 0.410 e. The van der Waals surface area contributed by atoms with Crippen molar-refractivity contribution in [2.24, 2.45) is 0 Å². The first-order valence-electron chi connectivity index (χ1n) is 13.2. The van der Waals surface area contributed by atoms with Gasteiger partial charge >= 0.3 is 6.09 Å². The number of carbonyl (C=O) groups is 2. The number of halogens is 1. The molecule has 12 heteroatoms. The molecule has 1 saturated heterocycles. The second-order valence-corrected chi connectivity index (χ2v) is 11.6. The van der Waals surface area contributed by atoms with E-state index in [1.165, 1.54) is 16.6 Å². The second kappa shape index (κ2) is 11.9. The average Bonchev–Trinajstić information content (AvgIpc) is 2.90. The van der Waals surface area contributed by atoms with Crippen LogP contribution in [0.15, 0.2) is 30.6 Å². The van der Waals surface area contributed by atoms with E-state index in [2.05, 4.69) is 9.97 Å². The first-order chi connectivity index (χ1) is 19.0. The molecule has 0 spiro atoms. The Balaban J connectivity index is 1.41. The lowest BCUT2D eigenvalue weighted by atomic mass is 9.74. The van der Waals surface area contributed by atoms with Gasteiger partial charge in [-0.25, -0.2) is 14.8 Å². The Morgan fingerprint density at radius 2 is 1.88 bits per heavy atom. The minimum Gasteiger partial charge on any atom is -0.474 e. The third kappa shape index (κ3) is 6.29. The molecule has 0 radical (unpaired) electrons. The Hall–Kier alpha value is -3.49. The fourth-order valence-electron chi connectivity index (χ4n) is 4.84. The molecule has 0 aromatic carbocycles. The number of amides is 2. The summed E-state index contributed by atoms with van der Waals surface area (Å²) < 4.78 is 11.5. The number of rotatable bonds is 7. The predicted octanol–water partition coefficient (Wildman–Crippen LogP) is 5.13. The highest BCUT2D eigenvalue weighted by Crippen LogP contribution is 2.42. The molecular weight excluding hydrogens is 552 g/mol. The first kappa shape index (κ1) is 29.5. The molecule has 0 N–H and O–H groups in total. The molecule has 2 amide bonds. The van der Waals surface area contributed by atoms with E-state index in [0.29, 0.717) is 56.0 Å². The third-order valence-electron chi connectivity index (χ3n) is 7.15. The van der Waals surface area contributed by atoms with Crippen LogP contribution in [-0.4, -0.2) is 69.7 Å². The van der Waals surface area contributed by atoms with Gasteiger partial charge in [0.2, 0.25) is 5.88 Å². The number of hydrogen-bond donors (Lipinski definition) is 0. The maximum absolute atomic E-state index is 13.8. The Morgan fingerprint density at radius 3 is 2.38 bits per heavy atom. The number of likely N-dealkylation sites (N-methyl/N-ethyl adjacent to an activating group) is 1. The van der Waals surface area contributed by atoms with Crippen molar-refractivity contribution in [3.05, 3.63) is 41.3 Å². The van der Waals surface area contributed by atoms with E-state index in [-0.39, 0.29) is 28.8 Å². The van der Waals surface area contributed by atoms with E-state index >= 15 is 0 Å². The fourth-order valence-corrected chi connectivity index (χ4v) is 5.37. The number of anilines is 2. The van der Waals surface area contributed by atoms with Crippen molar-refractivity contribution in [2.45, 2.75) is 70.1 Å². The molecule has 1 aliphatic carbocycles. The zero-order chi connectivity index (χ0) is 29.1. The molecule has 0 atom stereocenters. The van der Waals surface area contributed by atoms with Crippen LogP contribution in [0.1, 0.15) is 58.6 Å². The smallest absolute Gasteiger partial charge is 0.410 e. The summed E-state index contributed by atoms with van der Waals surface area (Å²) in [5, 5.41) is 9.29. The molecule has 1 saturated carbocycles. The average molecular weight is 585 g/mol. The van der Waals surface area contributed by atoms with Crippen LogP contribution in [-0.2, 0) is 9.53 Å². The molecule has 0 bridgehead atoms. The van der Waals surface area contributed by atoms with Crippen LogP contribution in [0.4, 0.5) is 16.2 Å². The Bertz CT molecular complexity index is 1300. The van der Waals surface area contributed by atoms with Gasteiger partial charge in [0, 0.05) is 39.0 Å². The monoisotopic (exact) mass is 584 g/mol. The first-order valence-corrected chi connectivity index (χ1v) is 14.0. The molecule has 2 aliphatic rings. The van der Waals surface area contributed by atoms with E-state index in [1.54, 1.807) is 35.2 Å². The number of hydrogen-bond acceptors (Lipinski definition) is 8. The molecule has 212 valence electrons. The normalized spacial score (nSPS) is 16.8. The molecule has 40 heavy (non-hydrogen) atoms. The van der Waals surface area contributed by atoms with Crippen LogP contribution in [0.5, 0.6) is 5.88 Å². The van der Waals surface area contributed by atoms with Gasteiger partial charge in [-0.2, -0.15) is 5.26 Å². The van der Waals surface area contributed by atoms with E-state index in [1.807, 2.05) is 32.9 Å². The van der Waals surface area contributed by atoms with Crippen LogP contribution in [0, 0.1) is 11.3 Å². The Morgan fingerprint density at radius 1 is 1.20 bits per heavy atom. The van der Waals surface area contributed by atoms with Gasteiger partial charge in [0.05, 0.1) is 34.3 Å². The quantitative estimate of drug-likeness (QED) is 0.409. The fraction of sp³-hybridized carbons (Fsp3) is 0.500. The maximum atomic E-state index is 13.8. The van der Waals surface area contributed by atoms with Gasteiger partial charge in [0.1, 0.15) is 23.3 Å². The van der Waals surface area contributed by atoms with Crippen molar-refractivity contribution in [2.75, 3.05) is 29.9 Å². The van der Waals surface area contributed by atoms with E-state index in [4.69, 9.17) is 38.6 Å². The third-order valence-corrected chi connectivity index (χ3v) is 7.65. The van der Waals surface area contributed by atoms with Crippen molar-refractivity contribution < 1.29 is 19.1 Å². The highest BCUT2D eigenvalue weighted by atomic mass is 35.5. The summed E-state index contributed by atoms with van der Waals surface area (Å²) in [6.45, 7) is 6.66. The van der Waals surface area contributed by atoms with Crippen molar-refractivity contribution in [1.82, 2.24) is 14.9 Å². The van der Waals surface area contributed by atoms with Gasteiger partial charge in [-0.15, -0.1) is 0 Å². The van der Waals surface area contributed by atoms with Gasteiger partial charge in [0.25, 0.3) is 5.91 Å². The summed E-state index contributed by atoms with van der Waals surface area (Å²) in [6, 6.07) is 7.10. The molecule has 3 heterocycles.